The third-order valence-electron chi connectivity index (χ3n) is 2.72. The quantitative estimate of drug-likeness (QED) is 0.354. The summed E-state index contributed by atoms with van der Waals surface area (Å²) < 4.78 is 27.3. The molecule has 0 heterocycles. The van der Waals surface area contributed by atoms with Crippen LogP contribution in [0, 0.1) is 0 Å². The van der Waals surface area contributed by atoms with E-state index in [1.54, 1.807) is 0 Å². The molecule has 0 aliphatic heterocycles. The molecule has 0 rings (SSSR count). The first kappa shape index (κ1) is 18.1. The molecule has 0 N–H and O–H groups in total. The number of hydrogen-bond acceptors (Lipinski definition) is 4. The molecule has 0 aliphatic carbocycles. The van der Waals surface area contributed by atoms with E-state index in [-0.39, 0.29) is 0 Å². The van der Waals surface area contributed by atoms with Crippen LogP contribution in [0.25, 0.3) is 0 Å². The summed E-state index contributed by atoms with van der Waals surface area (Å²) in [4.78, 5) is 0. The smallest absolute Gasteiger partial charge is 0.290 e. The van der Waals surface area contributed by atoms with Crippen LogP contribution in [0.2, 0.25) is 0 Å². The molecule has 0 amide bonds. The Morgan fingerprint density at radius 2 is 1.22 bits per heavy atom. The summed E-state index contributed by atoms with van der Waals surface area (Å²) in [6.45, 7) is 5.18. The molecule has 0 bridgehead atoms. The molecule has 0 aromatic rings. The average molecular weight is 280 g/mol. The Morgan fingerprint density at radius 3 is 1.72 bits per heavy atom. The van der Waals surface area contributed by atoms with Gasteiger partial charge in [-0.25, -0.2) is 4.57 Å². The normalized spacial score (nSPS) is 14.6. The lowest BCUT2D eigenvalue weighted by Gasteiger charge is -2.15. The van der Waals surface area contributed by atoms with Crippen molar-refractivity contribution in [3.8, 4) is 0 Å². The first-order valence-corrected chi connectivity index (χ1v) is 8.59. The second-order valence-electron chi connectivity index (χ2n) is 4.42. The van der Waals surface area contributed by atoms with Gasteiger partial charge in [0.05, 0.1) is 13.2 Å². The Hall–Kier alpha value is 0.110. The monoisotopic (exact) mass is 280 g/mol. The predicted octanol–water partition coefficient (Wildman–Crippen LogP) is 4.93. The predicted molar refractivity (Wildman–Crippen MR) is 74.8 cm³/mol. The second kappa shape index (κ2) is 12.2. The lowest BCUT2D eigenvalue weighted by molar-refractivity contribution is 0.127. The number of unbranched alkanes of at least 4 members (excludes halogenated alkanes) is 6. The maximum atomic E-state index is 12.0. The van der Waals surface area contributed by atoms with Crippen molar-refractivity contribution in [1.29, 1.82) is 0 Å². The van der Waals surface area contributed by atoms with E-state index in [2.05, 4.69) is 13.8 Å². The van der Waals surface area contributed by atoms with E-state index in [1.165, 1.54) is 26.4 Å². The average Bonchev–Trinajstić information content (AvgIpc) is 2.39. The summed E-state index contributed by atoms with van der Waals surface area (Å²) in [7, 11) is -1.92. The van der Waals surface area contributed by atoms with Crippen LogP contribution in [0.1, 0.15) is 65.2 Å². The zero-order valence-corrected chi connectivity index (χ0v) is 13.0. The van der Waals surface area contributed by atoms with Crippen LogP contribution in [0.5, 0.6) is 0 Å². The van der Waals surface area contributed by atoms with Crippen molar-refractivity contribution in [1.82, 2.24) is 0 Å². The van der Waals surface area contributed by atoms with Crippen LogP contribution in [0.3, 0.4) is 0 Å². The van der Waals surface area contributed by atoms with Crippen LogP contribution < -0.4 is 0 Å². The molecule has 18 heavy (non-hydrogen) atoms. The van der Waals surface area contributed by atoms with E-state index in [0.717, 1.165) is 32.1 Å². The fraction of sp³-hybridized carbons (Fsp3) is 1.00. The largest absolute Gasteiger partial charge is 0.474 e. The standard InChI is InChI=1S/C13H29O4P/c1-4-6-8-9-11-13-17-18(14,15-3)16-12-10-7-5-2/h4-13H2,1-3H3. The van der Waals surface area contributed by atoms with E-state index >= 15 is 0 Å². The molecule has 110 valence electrons. The highest BCUT2D eigenvalue weighted by Gasteiger charge is 2.23. The molecule has 0 spiro atoms. The van der Waals surface area contributed by atoms with Gasteiger partial charge in [-0.15, -0.1) is 0 Å². The number of hydrogen-bond donors (Lipinski definition) is 0. The van der Waals surface area contributed by atoms with Crippen LogP contribution in [0.15, 0.2) is 0 Å². The topological polar surface area (TPSA) is 44.8 Å². The van der Waals surface area contributed by atoms with Gasteiger partial charge in [-0.2, -0.15) is 0 Å². The molecule has 0 aliphatic rings. The van der Waals surface area contributed by atoms with Gasteiger partial charge < -0.3 is 0 Å². The molecule has 0 saturated carbocycles. The molecule has 5 heteroatoms. The molecule has 4 nitrogen and oxygen atoms in total. The summed E-state index contributed by atoms with van der Waals surface area (Å²) >= 11 is 0. The van der Waals surface area contributed by atoms with Crippen molar-refractivity contribution < 1.29 is 18.1 Å². The first-order chi connectivity index (χ1) is 8.68. The van der Waals surface area contributed by atoms with Gasteiger partial charge in [-0.05, 0) is 12.8 Å². The highest BCUT2D eigenvalue weighted by atomic mass is 31.2. The van der Waals surface area contributed by atoms with Gasteiger partial charge in [-0.3, -0.25) is 13.6 Å². The number of phosphoric acid groups is 1. The summed E-state index contributed by atoms with van der Waals surface area (Å²) in [6.07, 6.45) is 8.75. The number of phosphoric ester groups is 1. The van der Waals surface area contributed by atoms with Gasteiger partial charge >= 0.3 is 7.82 Å². The highest BCUT2D eigenvalue weighted by molar-refractivity contribution is 7.48. The van der Waals surface area contributed by atoms with Crippen molar-refractivity contribution >= 4 is 7.82 Å². The Morgan fingerprint density at radius 1 is 0.778 bits per heavy atom. The van der Waals surface area contributed by atoms with E-state index in [0.29, 0.717) is 13.2 Å². The Kier molecular flexibility index (Phi) is 12.2. The van der Waals surface area contributed by atoms with Crippen LogP contribution in [-0.4, -0.2) is 20.3 Å². The minimum absolute atomic E-state index is 0.439. The van der Waals surface area contributed by atoms with E-state index < -0.39 is 7.82 Å². The third-order valence-corrected chi connectivity index (χ3v) is 4.16. The van der Waals surface area contributed by atoms with Crippen LogP contribution in [0.4, 0.5) is 0 Å². The SMILES string of the molecule is CCCCCCCOP(=O)(OC)OCCCCC. The molecule has 1 atom stereocenters. The molecule has 0 radical (unpaired) electrons. The Balaban J connectivity index is 3.62. The first-order valence-electron chi connectivity index (χ1n) is 7.13. The minimum atomic E-state index is -3.30. The highest BCUT2D eigenvalue weighted by Crippen LogP contribution is 2.48. The summed E-state index contributed by atoms with van der Waals surface area (Å²) in [5.41, 5.74) is 0. The van der Waals surface area contributed by atoms with E-state index in [4.69, 9.17) is 13.6 Å². The maximum Gasteiger partial charge on any atom is 0.474 e. The molecule has 0 saturated heterocycles. The fourth-order valence-electron chi connectivity index (χ4n) is 1.55. The molecule has 1 unspecified atom stereocenters. The molecule has 0 aromatic carbocycles. The van der Waals surface area contributed by atoms with Gasteiger partial charge in [0.2, 0.25) is 0 Å². The van der Waals surface area contributed by atoms with Crippen molar-refractivity contribution in [2.75, 3.05) is 20.3 Å². The zero-order valence-electron chi connectivity index (χ0n) is 12.2. The van der Waals surface area contributed by atoms with Gasteiger partial charge in [0.15, 0.2) is 0 Å². The second-order valence-corrected chi connectivity index (χ2v) is 6.19. The fourth-order valence-corrected chi connectivity index (χ4v) is 2.54. The maximum absolute atomic E-state index is 12.0. The molecule has 0 aromatic heterocycles. The minimum Gasteiger partial charge on any atom is -0.290 e. The van der Waals surface area contributed by atoms with Gasteiger partial charge in [0.1, 0.15) is 0 Å². The van der Waals surface area contributed by atoms with Crippen LogP contribution >= 0.6 is 7.82 Å². The number of rotatable bonds is 13. The lowest BCUT2D eigenvalue weighted by Crippen LogP contribution is -2.01. The van der Waals surface area contributed by atoms with Gasteiger partial charge in [0, 0.05) is 7.11 Å². The van der Waals surface area contributed by atoms with Crippen molar-refractivity contribution in [3.05, 3.63) is 0 Å². The van der Waals surface area contributed by atoms with E-state index in [9.17, 15) is 4.57 Å². The summed E-state index contributed by atoms with van der Waals surface area (Å²) in [5.74, 6) is 0. The molecule has 0 fully saturated rings. The third kappa shape index (κ3) is 10.1. The Labute approximate surface area is 112 Å². The van der Waals surface area contributed by atoms with Crippen molar-refractivity contribution in [2.24, 2.45) is 0 Å². The lowest BCUT2D eigenvalue weighted by atomic mass is 10.2. The summed E-state index contributed by atoms with van der Waals surface area (Å²) in [5, 5.41) is 0. The van der Waals surface area contributed by atoms with Crippen molar-refractivity contribution in [2.45, 2.75) is 65.2 Å². The summed E-state index contributed by atoms with van der Waals surface area (Å²) in [6, 6.07) is 0. The van der Waals surface area contributed by atoms with Crippen LogP contribution in [-0.2, 0) is 18.1 Å². The van der Waals surface area contributed by atoms with Gasteiger partial charge in [-0.1, -0.05) is 52.4 Å². The zero-order chi connectivity index (χ0) is 13.7. The van der Waals surface area contributed by atoms with Gasteiger partial charge in [0.25, 0.3) is 0 Å². The molecular weight excluding hydrogens is 251 g/mol. The van der Waals surface area contributed by atoms with E-state index in [1.807, 2.05) is 0 Å². The Bertz CT molecular complexity index is 221. The molecular formula is C13H29O4P. The van der Waals surface area contributed by atoms with Crippen molar-refractivity contribution in [3.63, 3.8) is 0 Å².